The first kappa shape index (κ1) is 19.0. The van der Waals surface area contributed by atoms with Crippen LogP contribution in [0.1, 0.15) is 21.6 Å². The molecule has 2 aromatic heterocycles. The summed E-state index contributed by atoms with van der Waals surface area (Å²) in [6.45, 7) is 4.63. The first-order valence-electron chi connectivity index (χ1n) is 9.27. The van der Waals surface area contributed by atoms with Gasteiger partial charge in [-0.3, -0.25) is 4.79 Å². The zero-order valence-corrected chi connectivity index (χ0v) is 17.4. The number of anilines is 1. The van der Waals surface area contributed by atoms with E-state index in [0.717, 1.165) is 46.5 Å². The van der Waals surface area contributed by atoms with Crippen molar-refractivity contribution >= 4 is 34.8 Å². The average Bonchev–Trinajstić information content (AvgIpc) is 3.24. The number of pyridine rings is 1. The predicted molar refractivity (Wildman–Crippen MR) is 117 cm³/mol. The van der Waals surface area contributed by atoms with Gasteiger partial charge in [0.15, 0.2) is 0 Å². The van der Waals surface area contributed by atoms with E-state index in [9.17, 15) is 4.79 Å². The number of thiazole rings is 1. The molecule has 0 bridgehead atoms. The van der Waals surface area contributed by atoms with Crippen molar-refractivity contribution in [1.82, 2.24) is 15.3 Å². The van der Waals surface area contributed by atoms with Crippen molar-refractivity contribution in [2.45, 2.75) is 13.5 Å². The number of nitrogens with one attached hydrogen (secondary N) is 1. The van der Waals surface area contributed by atoms with E-state index < -0.39 is 0 Å². The third-order valence-corrected chi connectivity index (χ3v) is 6.47. The quantitative estimate of drug-likeness (QED) is 0.689. The van der Waals surface area contributed by atoms with Crippen LogP contribution in [0.15, 0.2) is 48.0 Å². The number of benzene rings is 1. The lowest BCUT2D eigenvalue weighted by molar-refractivity contribution is 0.0946. The smallest absolute Gasteiger partial charge is 0.271 e. The summed E-state index contributed by atoms with van der Waals surface area (Å²) in [6, 6.07) is 12.2. The Labute approximate surface area is 173 Å². The van der Waals surface area contributed by atoms with Crippen LogP contribution in [-0.2, 0) is 6.54 Å². The van der Waals surface area contributed by atoms with Gasteiger partial charge >= 0.3 is 0 Å². The van der Waals surface area contributed by atoms with Crippen LogP contribution in [0.2, 0.25) is 0 Å². The van der Waals surface area contributed by atoms with E-state index in [4.69, 9.17) is 0 Å². The zero-order valence-electron chi connectivity index (χ0n) is 15.7. The molecule has 1 aromatic carbocycles. The minimum atomic E-state index is -0.154. The second-order valence-corrected chi connectivity index (χ2v) is 8.79. The summed E-state index contributed by atoms with van der Waals surface area (Å²) in [6.07, 6.45) is 1.85. The molecule has 1 N–H and O–H groups in total. The zero-order chi connectivity index (χ0) is 19.3. The maximum Gasteiger partial charge on any atom is 0.271 e. The molecule has 0 spiro atoms. The lowest BCUT2D eigenvalue weighted by Crippen LogP contribution is -2.32. The van der Waals surface area contributed by atoms with Gasteiger partial charge in [0.05, 0.1) is 0 Å². The molecule has 7 heteroatoms. The molecule has 0 aliphatic carbocycles. The maximum atomic E-state index is 12.4. The monoisotopic (exact) mass is 410 g/mol. The summed E-state index contributed by atoms with van der Waals surface area (Å²) in [7, 11) is 0. The highest BCUT2D eigenvalue weighted by molar-refractivity contribution is 7.99. The van der Waals surface area contributed by atoms with Gasteiger partial charge in [0.25, 0.3) is 5.91 Å². The number of aryl methyl sites for hydroxylation is 1. The summed E-state index contributed by atoms with van der Waals surface area (Å²) >= 11 is 3.45. The van der Waals surface area contributed by atoms with E-state index in [0.29, 0.717) is 12.2 Å². The Morgan fingerprint density at radius 3 is 2.64 bits per heavy atom. The van der Waals surface area contributed by atoms with E-state index >= 15 is 0 Å². The second-order valence-electron chi connectivity index (χ2n) is 6.71. The summed E-state index contributed by atoms with van der Waals surface area (Å²) < 4.78 is 0. The topological polar surface area (TPSA) is 58.1 Å². The molecule has 5 nitrogen and oxygen atoms in total. The highest BCUT2D eigenvalue weighted by atomic mass is 32.2. The van der Waals surface area contributed by atoms with Crippen molar-refractivity contribution in [1.29, 1.82) is 0 Å². The van der Waals surface area contributed by atoms with Crippen molar-refractivity contribution in [3.8, 4) is 10.6 Å². The van der Waals surface area contributed by atoms with Gasteiger partial charge in [-0.15, -0.1) is 11.3 Å². The van der Waals surface area contributed by atoms with Crippen LogP contribution in [0.3, 0.4) is 0 Å². The highest BCUT2D eigenvalue weighted by Crippen LogP contribution is 2.25. The molecule has 1 amide bonds. The Morgan fingerprint density at radius 2 is 1.93 bits per heavy atom. The van der Waals surface area contributed by atoms with Gasteiger partial charge in [-0.2, -0.15) is 11.8 Å². The van der Waals surface area contributed by atoms with Crippen molar-refractivity contribution in [2.24, 2.45) is 0 Å². The molecule has 1 saturated heterocycles. The van der Waals surface area contributed by atoms with Crippen LogP contribution in [-0.4, -0.2) is 40.5 Å². The fourth-order valence-corrected chi connectivity index (χ4v) is 4.68. The normalized spacial score (nSPS) is 14.1. The van der Waals surface area contributed by atoms with Crippen LogP contribution < -0.4 is 10.2 Å². The summed E-state index contributed by atoms with van der Waals surface area (Å²) in [5.74, 6) is 3.16. The van der Waals surface area contributed by atoms with E-state index in [2.05, 4.69) is 20.2 Å². The van der Waals surface area contributed by atoms with E-state index in [1.165, 1.54) is 16.9 Å². The molecule has 1 aliphatic rings. The second kappa shape index (κ2) is 8.75. The number of carbonyl (C=O) groups is 1. The number of amides is 1. The highest BCUT2D eigenvalue weighted by Gasteiger charge is 2.14. The Balaban J connectivity index is 1.39. The van der Waals surface area contributed by atoms with Gasteiger partial charge in [0.1, 0.15) is 16.5 Å². The van der Waals surface area contributed by atoms with Gasteiger partial charge in [-0.1, -0.05) is 29.8 Å². The summed E-state index contributed by atoms with van der Waals surface area (Å²) in [4.78, 5) is 23.8. The van der Waals surface area contributed by atoms with Gasteiger partial charge < -0.3 is 10.2 Å². The Hall–Kier alpha value is -2.38. The molecule has 0 radical (unpaired) electrons. The molecular formula is C21H22N4OS2. The summed E-state index contributed by atoms with van der Waals surface area (Å²) in [5.41, 5.74) is 3.67. The van der Waals surface area contributed by atoms with Crippen LogP contribution >= 0.6 is 23.1 Å². The van der Waals surface area contributed by atoms with Gasteiger partial charge in [-0.05, 0) is 24.6 Å². The standard InChI is InChI=1S/C21H22N4OS2/c1-15-2-4-16(5-3-15)12-23-20(26)18-14-28-21(24-18)17-6-7-19(22-13-17)25-8-10-27-11-9-25/h2-7,13-14H,8-12H2,1H3,(H,23,26). The minimum absolute atomic E-state index is 0.154. The van der Waals surface area contributed by atoms with Gasteiger partial charge in [0, 0.05) is 48.3 Å². The molecule has 1 fully saturated rings. The van der Waals surface area contributed by atoms with Crippen molar-refractivity contribution in [2.75, 3.05) is 29.5 Å². The number of thioether (sulfide) groups is 1. The third kappa shape index (κ3) is 4.54. The number of hydrogen-bond acceptors (Lipinski definition) is 6. The molecule has 3 heterocycles. The van der Waals surface area contributed by atoms with Crippen LogP contribution in [0.4, 0.5) is 5.82 Å². The van der Waals surface area contributed by atoms with Gasteiger partial charge in [-0.25, -0.2) is 9.97 Å². The van der Waals surface area contributed by atoms with Crippen molar-refractivity contribution in [3.63, 3.8) is 0 Å². The van der Waals surface area contributed by atoms with Crippen molar-refractivity contribution in [3.05, 3.63) is 64.8 Å². The molecule has 4 rings (SSSR count). The summed E-state index contributed by atoms with van der Waals surface area (Å²) in [5, 5.41) is 5.55. The Bertz CT molecular complexity index is 932. The SMILES string of the molecule is Cc1ccc(CNC(=O)c2csc(-c3ccc(N4CCSCC4)nc3)n2)cc1. The van der Waals surface area contributed by atoms with E-state index in [1.54, 1.807) is 5.38 Å². The molecular weight excluding hydrogens is 388 g/mol. The number of carbonyl (C=O) groups excluding carboxylic acids is 1. The van der Waals surface area contributed by atoms with E-state index in [-0.39, 0.29) is 5.91 Å². The third-order valence-electron chi connectivity index (χ3n) is 4.64. The van der Waals surface area contributed by atoms with Crippen molar-refractivity contribution < 1.29 is 4.79 Å². The fourth-order valence-electron chi connectivity index (χ4n) is 2.98. The number of hydrogen-bond donors (Lipinski definition) is 1. The molecule has 28 heavy (non-hydrogen) atoms. The Morgan fingerprint density at radius 1 is 1.14 bits per heavy atom. The lowest BCUT2D eigenvalue weighted by atomic mass is 10.1. The largest absolute Gasteiger partial charge is 0.355 e. The van der Waals surface area contributed by atoms with Gasteiger partial charge in [0.2, 0.25) is 0 Å². The minimum Gasteiger partial charge on any atom is -0.355 e. The average molecular weight is 411 g/mol. The first-order valence-corrected chi connectivity index (χ1v) is 11.3. The lowest BCUT2D eigenvalue weighted by Gasteiger charge is -2.27. The maximum absolute atomic E-state index is 12.4. The number of nitrogens with zero attached hydrogens (tertiary/aromatic N) is 3. The van der Waals surface area contributed by atoms with Crippen LogP contribution in [0.25, 0.3) is 10.6 Å². The molecule has 1 aliphatic heterocycles. The molecule has 3 aromatic rings. The molecule has 144 valence electrons. The fraction of sp³-hybridized carbons (Fsp3) is 0.286. The Kier molecular flexibility index (Phi) is 5.92. The van der Waals surface area contributed by atoms with Crippen LogP contribution in [0.5, 0.6) is 0 Å². The number of rotatable bonds is 5. The van der Waals surface area contributed by atoms with Crippen LogP contribution in [0, 0.1) is 6.92 Å². The molecule has 0 unspecified atom stereocenters. The van der Waals surface area contributed by atoms with E-state index in [1.807, 2.05) is 61.3 Å². The predicted octanol–water partition coefficient (Wildman–Crippen LogP) is 4.00. The number of aromatic nitrogens is 2. The molecule has 0 saturated carbocycles. The first-order chi connectivity index (χ1) is 13.7. The molecule has 0 atom stereocenters.